The summed E-state index contributed by atoms with van der Waals surface area (Å²) in [6.45, 7) is 4.87. The lowest BCUT2D eigenvalue weighted by Crippen LogP contribution is -2.33. The highest BCUT2D eigenvalue weighted by atomic mass is 16.1. The quantitative estimate of drug-likeness (QED) is 0.645. The Labute approximate surface area is 143 Å². The third-order valence-electron chi connectivity index (χ3n) is 4.46. The molecule has 1 N–H and O–H groups in total. The number of rotatable bonds is 6. The number of nitrogens with one attached hydrogen (secondary N) is 1. The molecule has 1 fully saturated rings. The number of allylic oxidation sites excluding steroid dienone is 1. The van der Waals surface area contributed by atoms with E-state index in [4.69, 9.17) is 0 Å². The molecule has 1 heterocycles. The van der Waals surface area contributed by atoms with Gasteiger partial charge in [-0.2, -0.15) is 0 Å². The molecular weight excluding hydrogens is 302 g/mol. The minimum Gasteiger partial charge on any atom is -0.355 e. The summed E-state index contributed by atoms with van der Waals surface area (Å²) in [4.78, 5) is 29.1. The van der Waals surface area contributed by atoms with Crippen LogP contribution in [0.5, 0.6) is 0 Å². The Bertz CT molecular complexity index is 647. The van der Waals surface area contributed by atoms with Crippen LogP contribution in [-0.4, -0.2) is 42.6 Å². The molecule has 0 radical (unpaired) electrons. The van der Waals surface area contributed by atoms with Crippen LogP contribution in [-0.2, 0) is 4.79 Å². The minimum atomic E-state index is -0.0902. The van der Waals surface area contributed by atoms with Gasteiger partial charge in [0.15, 0.2) is 0 Å². The first kappa shape index (κ1) is 17.9. The normalized spacial score (nSPS) is 18.6. The topological polar surface area (TPSA) is 61.8 Å². The van der Waals surface area contributed by atoms with Crippen molar-refractivity contribution in [3.63, 3.8) is 0 Å². The van der Waals surface area contributed by atoms with Crippen molar-refractivity contribution in [3.05, 3.63) is 41.6 Å². The van der Waals surface area contributed by atoms with Crippen LogP contribution in [0, 0.1) is 0 Å². The van der Waals surface area contributed by atoms with Gasteiger partial charge in [-0.05, 0) is 49.5 Å². The summed E-state index contributed by atoms with van der Waals surface area (Å²) in [6.07, 6.45) is 5.65. The molecule has 1 aliphatic heterocycles. The number of aliphatic imine (C=N–C) groups is 1. The molecule has 2 rings (SSSR count). The summed E-state index contributed by atoms with van der Waals surface area (Å²) in [5.41, 5.74) is 3.77. The van der Waals surface area contributed by atoms with E-state index in [1.807, 2.05) is 42.3 Å². The van der Waals surface area contributed by atoms with Gasteiger partial charge in [0.05, 0.1) is 6.04 Å². The lowest BCUT2D eigenvalue weighted by Gasteiger charge is -2.19. The van der Waals surface area contributed by atoms with Gasteiger partial charge in [-0.25, -0.2) is 0 Å². The molecule has 0 bridgehead atoms. The smallest absolute Gasteiger partial charge is 0.251 e. The Morgan fingerprint density at radius 1 is 1.33 bits per heavy atom. The lowest BCUT2D eigenvalue weighted by molar-refractivity contribution is -0.117. The second-order valence-corrected chi connectivity index (χ2v) is 5.94. The van der Waals surface area contributed by atoms with Gasteiger partial charge in [-0.1, -0.05) is 19.1 Å². The van der Waals surface area contributed by atoms with Crippen LogP contribution >= 0.6 is 0 Å². The molecular formula is C19H25N3O2. The van der Waals surface area contributed by atoms with E-state index in [1.165, 1.54) is 0 Å². The lowest BCUT2D eigenvalue weighted by atomic mass is 10.0. The monoisotopic (exact) mass is 327 g/mol. The molecule has 5 nitrogen and oxygen atoms in total. The summed E-state index contributed by atoms with van der Waals surface area (Å²) in [5.74, 6) is -0.0902. The molecule has 0 spiro atoms. The van der Waals surface area contributed by atoms with Gasteiger partial charge in [-0.15, -0.1) is 0 Å². The van der Waals surface area contributed by atoms with Crippen molar-refractivity contribution in [2.75, 3.05) is 13.6 Å². The zero-order valence-electron chi connectivity index (χ0n) is 14.6. The van der Waals surface area contributed by atoms with Crippen LogP contribution in [0.3, 0.4) is 0 Å². The van der Waals surface area contributed by atoms with Gasteiger partial charge in [0.1, 0.15) is 0 Å². The van der Waals surface area contributed by atoms with Crippen molar-refractivity contribution < 1.29 is 9.59 Å². The van der Waals surface area contributed by atoms with Gasteiger partial charge in [0.2, 0.25) is 6.41 Å². The maximum Gasteiger partial charge on any atom is 0.251 e. The van der Waals surface area contributed by atoms with Crippen molar-refractivity contribution in [3.8, 4) is 0 Å². The average Bonchev–Trinajstić information content (AvgIpc) is 3.10. The number of hydrogen-bond donors (Lipinski definition) is 1. The third kappa shape index (κ3) is 4.10. The first-order valence-corrected chi connectivity index (χ1v) is 8.37. The number of carbonyl (C=O) groups is 2. The summed E-state index contributed by atoms with van der Waals surface area (Å²) in [5, 5.41) is 2.62. The Balaban J connectivity index is 2.18. The predicted molar refractivity (Wildman–Crippen MR) is 97.0 cm³/mol. The van der Waals surface area contributed by atoms with E-state index >= 15 is 0 Å². The van der Waals surface area contributed by atoms with Gasteiger partial charge in [0.25, 0.3) is 5.91 Å². The van der Waals surface area contributed by atoms with Crippen LogP contribution in [0.15, 0.2) is 35.5 Å². The van der Waals surface area contributed by atoms with E-state index in [2.05, 4.69) is 17.2 Å². The molecule has 1 aliphatic rings. The van der Waals surface area contributed by atoms with Crippen LogP contribution in [0.2, 0.25) is 0 Å². The Morgan fingerprint density at radius 2 is 2.00 bits per heavy atom. The summed E-state index contributed by atoms with van der Waals surface area (Å²) in [7, 11) is 1.62. The fraction of sp³-hybridized carbons (Fsp3) is 0.421. The van der Waals surface area contributed by atoms with E-state index in [0.29, 0.717) is 5.56 Å². The second kappa shape index (κ2) is 8.43. The molecule has 1 aromatic rings. The maximum absolute atomic E-state index is 11.6. The SMILES string of the molecule is CC/C(=C\N=C(C)C1CCCN1C=O)c1ccc(C(=O)NC)cc1. The molecule has 1 aromatic carbocycles. The van der Waals surface area contributed by atoms with Crippen molar-refractivity contribution >= 4 is 23.6 Å². The van der Waals surface area contributed by atoms with Gasteiger partial charge in [0, 0.05) is 31.1 Å². The molecule has 2 amide bonds. The fourth-order valence-corrected chi connectivity index (χ4v) is 2.98. The van der Waals surface area contributed by atoms with Crippen molar-refractivity contribution in [2.45, 2.75) is 39.2 Å². The third-order valence-corrected chi connectivity index (χ3v) is 4.46. The first-order valence-electron chi connectivity index (χ1n) is 8.37. The highest BCUT2D eigenvalue weighted by molar-refractivity contribution is 5.94. The average molecular weight is 327 g/mol. The van der Waals surface area contributed by atoms with E-state index < -0.39 is 0 Å². The molecule has 128 valence electrons. The molecule has 5 heteroatoms. The maximum atomic E-state index is 11.6. The second-order valence-electron chi connectivity index (χ2n) is 5.94. The predicted octanol–water partition coefficient (Wildman–Crippen LogP) is 2.88. The Morgan fingerprint density at radius 3 is 2.58 bits per heavy atom. The standard InChI is InChI=1S/C19H25N3O2/c1-4-15(16-7-9-17(10-8-16)19(24)20-3)12-21-14(2)18-6-5-11-22(18)13-23/h7-10,12-13,18H,4-6,11H2,1-3H3,(H,20,24)/b15-12+,21-14?. The van der Waals surface area contributed by atoms with Gasteiger partial charge in [-0.3, -0.25) is 14.6 Å². The van der Waals surface area contributed by atoms with E-state index in [0.717, 1.165) is 49.1 Å². The summed E-state index contributed by atoms with van der Waals surface area (Å²) in [6, 6.07) is 7.64. The number of benzene rings is 1. The van der Waals surface area contributed by atoms with Crippen molar-refractivity contribution in [1.29, 1.82) is 0 Å². The molecule has 1 atom stereocenters. The highest BCUT2D eigenvalue weighted by Crippen LogP contribution is 2.20. The Kier molecular flexibility index (Phi) is 6.29. The van der Waals surface area contributed by atoms with E-state index in [9.17, 15) is 9.59 Å². The van der Waals surface area contributed by atoms with Crippen molar-refractivity contribution in [2.24, 2.45) is 4.99 Å². The van der Waals surface area contributed by atoms with Crippen LogP contribution < -0.4 is 5.32 Å². The zero-order valence-corrected chi connectivity index (χ0v) is 14.6. The largest absolute Gasteiger partial charge is 0.355 e. The van der Waals surface area contributed by atoms with Crippen LogP contribution in [0.25, 0.3) is 5.57 Å². The van der Waals surface area contributed by atoms with Crippen LogP contribution in [0.1, 0.15) is 49.0 Å². The Hall–Kier alpha value is -2.43. The minimum absolute atomic E-state index is 0.0902. The molecule has 0 saturated carbocycles. The number of likely N-dealkylation sites (tertiary alicyclic amines) is 1. The van der Waals surface area contributed by atoms with Crippen LogP contribution in [0.4, 0.5) is 0 Å². The summed E-state index contributed by atoms with van der Waals surface area (Å²) >= 11 is 0. The number of amides is 2. The van der Waals surface area contributed by atoms with Crippen molar-refractivity contribution in [1.82, 2.24) is 10.2 Å². The van der Waals surface area contributed by atoms with E-state index in [1.54, 1.807) is 7.05 Å². The van der Waals surface area contributed by atoms with Gasteiger partial charge < -0.3 is 10.2 Å². The molecule has 1 unspecified atom stereocenters. The molecule has 1 saturated heterocycles. The van der Waals surface area contributed by atoms with E-state index in [-0.39, 0.29) is 11.9 Å². The molecule has 0 aliphatic carbocycles. The number of nitrogens with zero attached hydrogens (tertiary/aromatic N) is 2. The molecule has 0 aromatic heterocycles. The summed E-state index contributed by atoms with van der Waals surface area (Å²) < 4.78 is 0. The fourth-order valence-electron chi connectivity index (χ4n) is 2.98. The highest BCUT2D eigenvalue weighted by Gasteiger charge is 2.24. The number of hydrogen-bond acceptors (Lipinski definition) is 3. The zero-order chi connectivity index (χ0) is 17.5. The molecule has 24 heavy (non-hydrogen) atoms. The number of carbonyl (C=O) groups excluding carboxylic acids is 2. The van der Waals surface area contributed by atoms with Gasteiger partial charge >= 0.3 is 0 Å². The first-order chi connectivity index (χ1) is 11.6.